The van der Waals surface area contributed by atoms with E-state index in [4.69, 9.17) is 14.7 Å². The third-order valence-corrected chi connectivity index (χ3v) is 1.21. The van der Waals surface area contributed by atoms with E-state index in [2.05, 4.69) is 6.58 Å². The maximum atomic E-state index is 10.8. The van der Waals surface area contributed by atoms with Crippen LogP contribution < -0.4 is 0 Å². The monoisotopic (exact) mass is 183 g/mol. The molecule has 0 saturated carbocycles. The number of esters is 1. The van der Waals surface area contributed by atoms with Gasteiger partial charge in [0.1, 0.15) is 12.7 Å². The van der Waals surface area contributed by atoms with Gasteiger partial charge in [0.05, 0.1) is 12.7 Å². The van der Waals surface area contributed by atoms with Gasteiger partial charge in [-0.3, -0.25) is 0 Å². The molecule has 0 amide bonds. The molecule has 0 rings (SSSR count). The van der Waals surface area contributed by atoms with Gasteiger partial charge in [-0.25, -0.2) is 4.79 Å². The minimum absolute atomic E-state index is 0.151. The molecule has 0 saturated heterocycles. The Balaban J connectivity index is 3.42. The fraction of sp³-hybridized carbons (Fsp3) is 0.556. The van der Waals surface area contributed by atoms with Crippen molar-refractivity contribution in [2.75, 3.05) is 13.2 Å². The predicted octanol–water partition coefficient (Wildman–Crippen LogP) is 1.03. The molecule has 0 aliphatic carbocycles. The molecule has 0 aromatic heterocycles. The first-order valence-corrected chi connectivity index (χ1v) is 3.91. The van der Waals surface area contributed by atoms with E-state index in [0.29, 0.717) is 5.57 Å². The summed E-state index contributed by atoms with van der Waals surface area (Å²) in [6.07, 6.45) is -0.469. The third-order valence-electron chi connectivity index (χ3n) is 1.21. The van der Waals surface area contributed by atoms with Crippen molar-refractivity contribution in [1.82, 2.24) is 0 Å². The minimum Gasteiger partial charge on any atom is -0.460 e. The molecule has 1 atom stereocenters. The van der Waals surface area contributed by atoms with Crippen molar-refractivity contribution in [2.24, 2.45) is 0 Å². The van der Waals surface area contributed by atoms with Crippen molar-refractivity contribution in [3.05, 3.63) is 12.2 Å². The van der Waals surface area contributed by atoms with Crippen LogP contribution in [0.4, 0.5) is 0 Å². The van der Waals surface area contributed by atoms with Crippen LogP contribution in [-0.4, -0.2) is 25.3 Å². The molecule has 72 valence electrons. The van der Waals surface area contributed by atoms with Crippen LogP contribution in [0.5, 0.6) is 0 Å². The van der Waals surface area contributed by atoms with E-state index in [-0.39, 0.29) is 13.2 Å². The van der Waals surface area contributed by atoms with Crippen LogP contribution in [0, 0.1) is 11.3 Å². The van der Waals surface area contributed by atoms with Gasteiger partial charge in [0.15, 0.2) is 0 Å². The van der Waals surface area contributed by atoms with Crippen molar-refractivity contribution >= 4 is 5.97 Å². The van der Waals surface area contributed by atoms with Gasteiger partial charge in [-0.2, -0.15) is 5.26 Å². The molecular formula is C9H13NO3. The number of nitriles is 1. The van der Waals surface area contributed by atoms with Crippen LogP contribution in [-0.2, 0) is 14.3 Å². The SMILES string of the molecule is C=C(C)C(=O)OCCOC(C)C#N. The summed E-state index contributed by atoms with van der Waals surface area (Å²) in [4.78, 5) is 10.8. The van der Waals surface area contributed by atoms with E-state index in [1.165, 1.54) is 0 Å². The molecule has 0 heterocycles. The number of nitrogens with zero attached hydrogens (tertiary/aromatic N) is 1. The number of carbonyl (C=O) groups is 1. The molecule has 0 N–H and O–H groups in total. The zero-order valence-corrected chi connectivity index (χ0v) is 7.87. The second kappa shape index (κ2) is 6.21. The first-order valence-electron chi connectivity index (χ1n) is 3.91. The standard InChI is InChI=1S/C9H13NO3/c1-7(2)9(11)13-5-4-12-8(3)6-10/h8H,1,4-5H2,2-3H3. The van der Waals surface area contributed by atoms with E-state index in [1.54, 1.807) is 13.8 Å². The van der Waals surface area contributed by atoms with Gasteiger partial charge >= 0.3 is 5.97 Å². The molecule has 0 aliphatic rings. The topological polar surface area (TPSA) is 59.3 Å². The summed E-state index contributed by atoms with van der Waals surface area (Å²) >= 11 is 0. The van der Waals surface area contributed by atoms with Crippen LogP contribution >= 0.6 is 0 Å². The second-order valence-electron chi connectivity index (χ2n) is 2.56. The lowest BCUT2D eigenvalue weighted by atomic mass is 10.4. The first-order chi connectivity index (χ1) is 6.07. The number of rotatable bonds is 5. The van der Waals surface area contributed by atoms with Gasteiger partial charge in [-0.15, -0.1) is 0 Å². The molecule has 0 radical (unpaired) electrons. The molecule has 0 aromatic rings. The quantitative estimate of drug-likeness (QED) is 0.363. The summed E-state index contributed by atoms with van der Waals surface area (Å²) in [6.45, 7) is 6.99. The predicted molar refractivity (Wildman–Crippen MR) is 46.8 cm³/mol. The molecule has 4 heteroatoms. The van der Waals surface area contributed by atoms with Crippen LogP contribution in [0.15, 0.2) is 12.2 Å². The lowest BCUT2D eigenvalue weighted by Crippen LogP contribution is -2.14. The number of hydrogen-bond acceptors (Lipinski definition) is 4. The number of carbonyl (C=O) groups excluding carboxylic acids is 1. The van der Waals surface area contributed by atoms with Crippen molar-refractivity contribution in [1.29, 1.82) is 5.26 Å². The highest BCUT2D eigenvalue weighted by molar-refractivity contribution is 5.86. The van der Waals surface area contributed by atoms with Gasteiger partial charge in [-0.05, 0) is 13.8 Å². The van der Waals surface area contributed by atoms with Gasteiger partial charge < -0.3 is 9.47 Å². The van der Waals surface area contributed by atoms with Crippen molar-refractivity contribution < 1.29 is 14.3 Å². The Hall–Kier alpha value is -1.34. The van der Waals surface area contributed by atoms with E-state index in [9.17, 15) is 4.79 Å². The van der Waals surface area contributed by atoms with Gasteiger partial charge in [0, 0.05) is 5.57 Å². The Kier molecular flexibility index (Phi) is 5.57. The summed E-state index contributed by atoms with van der Waals surface area (Å²) in [7, 11) is 0. The summed E-state index contributed by atoms with van der Waals surface area (Å²) in [6, 6.07) is 1.90. The first kappa shape index (κ1) is 11.7. The van der Waals surface area contributed by atoms with Gasteiger partial charge in [0.2, 0.25) is 0 Å². The molecule has 4 nitrogen and oxygen atoms in total. The van der Waals surface area contributed by atoms with Crippen molar-refractivity contribution in [3.63, 3.8) is 0 Å². The second-order valence-corrected chi connectivity index (χ2v) is 2.56. The summed E-state index contributed by atoms with van der Waals surface area (Å²) in [5.74, 6) is -0.437. The Bertz CT molecular complexity index is 230. The minimum atomic E-state index is -0.469. The average Bonchev–Trinajstić information content (AvgIpc) is 2.11. The summed E-state index contributed by atoms with van der Waals surface area (Å²) in [5, 5.41) is 8.33. The van der Waals surface area contributed by atoms with E-state index in [0.717, 1.165) is 0 Å². The van der Waals surface area contributed by atoms with Crippen LogP contribution in [0.1, 0.15) is 13.8 Å². The fourth-order valence-corrected chi connectivity index (χ4v) is 0.520. The highest BCUT2D eigenvalue weighted by atomic mass is 16.6. The largest absolute Gasteiger partial charge is 0.460 e. The van der Waals surface area contributed by atoms with E-state index in [1.807, 2.05) is 6.07 Å². The van der Waals surface area contributed by atoms with Crippen LogP contribution in [0.2, 0.25) is 0 Å². The highest BCUT2D eigenvalue weighted by Gasteiger charge is 2.03. The smallest absolute Gasteiger partial charge is 0.333 e. The molecule has 0 aromatic carbocycles. The molecule has 0 spiro atoms. The highest BCUT2D eigenvalue weighted by Crippen LogP contribution is 1.93. The Labute approximate surface area is 77.8 Å². The van der Waals surface area contributed by atoms with Crippen molar-refractivity contribution in [2.45, 2.75) is 20.0 Å². The van der Waals surface area contributed by atoms with E-state index >= 15 is 0 Å². The Morgan fingerprint density at radius 2 is 2.23 bits per heavy atom. The van der Waals surface area contributed by atoms with Gasteiger partial charge in [0.25, 0.3) is 0 Å². The van der Waals surface area contributed by atoms with Crippen LogP contribution in [0.25, 0.3) is 0 Å². The average molecular weight is 183 g/mol. The molecule has 0 fully saturated rings. The Morgan fingerprint density at radius 1 is 1.62 bits per heavy atom. The summed E-state index contributed by atoms with van der Waals surface area (Å²) in [5.41, 5.74) is 0.355. The maximum Gasteiger partial charge on any atom is 0.333 e. The molecule has 0 aliphatic heterocycles. The lowest BCUT2D eigenvalue weighted by molar-refractivity contribution is -0.140. The molecular weight excluding hydrogens is 170 g/mol. The van der Waals surface area contributed by atoms with E-state index < -0.39 is 12.1 Å². The van der Waals surface area contributed by atoms with Crippen LogP contribution in [0.3, 0.4) is 0 Å². The zero-order chi connectivity index (χ0) is 10.3. The molecule has 13 heavy (non-hydrogen) atoms. The number of hydrogen-bond donors (Lipinski definition) is 0. The van der Waals surface area contributed by atoms with Crippen molar-refractivity contribution in [3.8, 4) is 6.07 Å². The van der Waals surface area contributed by atoms with Gasteiger partial charge in [-0.1, -0.05) is 6.58 Å². The fourth-order valence-electron chi connectivity index (χ4n) is 0.520. The molecule has 1 unspecified atom stereocenters. The number of ether oxygens (including phenoxy) is 2. The lowest BCUT2D eigenvalue weighted by Gasteiger charge is -2.06. The Morgan fingerprint density at radius 3 is 2.69 bits per heavy atom. The normalized spacial score (nSPS) is 11.5. The molecule has 0 bridgehead atoms. The third kappa shape index (κ3) is 5.88. The summed E-state index contributed by atoms with van der Waals surface area (Å²) < 4.78 is 9.68. The zero-order valence-electron chi connectivity index (χ0n) is 7.87. The maximum absolute atomic E-state index is 10.8.